The van der Waals surface area contributed by atoms with Crippen molar-refractivity contribution in [2.75, 3.05) is 19.6 Å². The van der Waals surface area contributed by atoms with E-state index in [0.29, 0.717) is 11.0 Å². The van der Waals surface area contributed by atoms with E-state index in [1.54, 1.807) is 0 Å². The second-order valence-corrected chi connectivity index (χ2v) is 6.42. The Labute approximate surface area is 135 Å². The second-order valence-electron chi connectivity index (χ2n) is 6.42. The summed E-state index contributed by atoms with van der Waals surface area (Å²) in [7, 11) is 0. The molecule has 0 radical (unpaired) electrons. The van der Waals surface area contributed by atoms with Gasteiger partial charge in [-0.2, -0.15) is 0 Å². The van der Waals surface area contributed by atoms with Gasteiger partial charge in [0.2, 0.25) is 0 Å². The lowest BCUT2D eigenvalue weighted by Gasteiger charge is -2.14. The van der Waals surface area contributed by atoms with Gasteiger partial charge in [0, 0.05) is 5.39 Å². The van der Waals surface area contributed by atoms with Crippen molar-refractivity contribution in [3.63, 3.8) is 0 Å². The van der Waals surface area contributed by atoms with Crippen LogP contribution in [0.5, 0.6) is 0 Å². The van der Waals surface area contributed by atoms with Gasteiger partial charge in [-0.05, 0) is 68.4 Å². The van der Waals surface area contributed by atoms with Crippen LogP contribution < -0.4 is 5.63 Å². The van der Waals surface area contributed by atoms with Crippen LogP contribution in [-0.2, 0) is 6.42 Å². The van der Waals surface area contributed by atoms with Crippen molar-refractivity contribution in [1.82, 2.24) is 4.90 Å². The molecule has 1 fully saturated rings. The van der Waals surface area contributed by atoms with Crippen LogP contribution >= 0.6 is 0 Å². The monoisotopic (exact) mass is 307 g/mol. The Hall–Kier alpha value is -2.13. The third kappa shape index (κ3) is 2.89. The fourth-order valence-corrected chi connectivity index (χ4v) is 3.59. The Balaban J connectivity index is 1.60. The van der Waals surface area contributed by atoms with E-state index in [1.165, 1.54) is 38.0 Å². The molecule has 3 aromatic rings. The zero-order valence-corrected chi connectivity index (χ0v) is 13.3. The Morgan fingerprint density at radius 1 is 0.957 bits per heavy atom. The van der Waals surface area contributed by atoms with E-state index in [0.717, 1.165) is 23.6 Å². The largest absolute Gasteiger partial charge is 0.422 e. The minimum absolute atomic E-state index is 0.248. The lowest BCUT2D eigenvalue weighted by Crippen LogP contribution is -2.20. The smallest absolute Gasteiger partial charge is 0.344 e. The molecule has 0 aliphatic carbocycles. The highest BCUT2D eigenvalue weighted by Gasteiger charge is 2.11. The SMILES string of the molecule is O=c1oc2cc(CCCN3CCCC3)ccc2c2ccccc12. The normalized spacial score (nSPS) is 15.7. The van der Waals surface area contributed by atoms with Gasteiger partial charge in [-0.25, -0.2) is 4.79 Å². The number of fused-ring (bicyclic) bond motifs is 3. The third-order valence-corrected chi connectivity index (χ3v) is 4.82. The molecular formula is C20H21NO2. The van der Waals surface area contributed by atoms with Crippen LogP contribution in [0.1, 0.15) is 24.8 Å². The van der Waals surface area contributed by atoms with Crippen LogP contribution in [-0.4, -0.2) is 24.5 Å². The van der Waals surface area contributed by atoms with Gasteiger partial charge in [0.05, 0.1) is 5.39 Å². The first-order valence-corrected chi connectivity index (χ1v) is 8.48. The van der Waals surface area contributed by atoms with Gasteiger partial charge in [0.15, 0.2) is 0 Å². The van der Waals surface area contributed by atoms with Crippen LogP contribution in [0.25, 0.3) is 21.7 Å². The van der Waals surface area contributed by atoms with Crippen molar-refractivity contribution in [1.29, 1.82) is 0 Å². The van der Waals surface area contributed by atoms with E-state index in [1.807, 2.05) is 30.3 Å². The summed E-state index contributed by atoms with van der Waals surface area (Å²) in [5.41, 5.74) is 1.70. The molecule has 0 N–H and O–H groups in total. The summed E-state index contributed by atoms with van der Waals surface area (Å²) >= 11 is 0. The van der Waals surface area contributed by atoms with Crippen LogP contribution in [0.2, 0.25) is 0 Å². The average molecular weight is 307 g/mol. The first kappa shape index (κ1) is 14.5. The third-order valence-electron chi connectivity index (χ3n) is 4.82. The molecule has 1 aromatic heterocycles. The van der Waals surface area contributed by atoms with Crippen LogP contribution in [0.15, 0.2) is 51.7 Å². The summed E-state index contributed by atoms with van der Waals surface area (Å²) in [4.78, 5) is 14.7. The highest BCUT2D eigenvalue weighted by atomic mass is 16.4. The summed E-state index contributed by atoms with van der Waals surface area (Å²) in [5.74, 6) is 0. The molecule has 2 heterocycles. The highest BCUT2D eigenvalue weighted by molar-refractivity contribution is 6.04. The summed E-state index contributed by atoms with van der Waals surface area (Å²) < 4.78 is 5.53. The number of hydrogen-bond acceptors (Lipinski definition) is 3. The number of nitrogens with zero attached hydrogens (tertiary/aromatic N) is 1. The maximum absolute atomic E-state index is 12.1. The van der Waals surface area contributed by atoms with Gasteiger partial charge in [-0.15, -0.1) is 0 Å². The number of likely N-dealkylation sites (tertiary alicyclic amines) is 1. The lowest BCUT2D eigenvalue weighted by molar-refractivity contribution is 0.334. The molecule has 0 saturated carbocycles. The predicted octanol–water partition coefficient (Wildman–Crippen LogP) is 3.97. The van der Waals surface area contributed by atoms with Crippen LogP contribution in [0.3, 0.4) is 0 Å². The number of rotatable bonds is 4. The van der Waals surface area contributed by atoms with Crippen LogP contribution in [0.4, 0.5) is 0 Å². The highest BCUT2D eigenvalue weighted by Crippen LogP contribution is 2.24. The van der Waals surface area contributed by atoms with E-state index in [-0.39, 0.29) is 5.63 Å². The molecule has 1 saturated heterocycles. The molecule has 0 atom stereocenters. The van der Waals surface area contributed by atoms with Gasteiger partial charge in [0.25, 0.3) is 0 Å². The second kappa shape index (κ2) is 6.17. The minimum atomic E-state index is -0.248. The summed E-state index contributed by atoms with van der Waals surface area (Å²) in [6, 6.07) is 13.9. The zero-order valence-electron chi connectivity index (χ0n) is 13.3. The Bertz CT molecular complexity index is 891. The van der Waals surface area contributed by atoms with Gasteiger partial charge < -0.3 is 9.32 Å². The van der Waals surface area contributed by atoms with E-state index in [4.69, 9.17) is 4.42 Å². The fourth-order valence-electron chi connectivity index (χ4n) is 3.59. The maximum atomic E-state index is 12.1. The first-order chi connectivity index (χ1) is 11.3. The van der Waals surface area contributed by atoms with Crippen molar-refractivity contribution in [2.45, 2.75) is 25.7 Å². The molecule has 0 spiro atoms. The number of benzene rings is 2. The van der Waals surface area contributed by atoms with Crippen molar-refractivity contribution >= 4 is 21.7 Å². The van der Waals surface area contributed by atoms with E-state index >= 15 is 0 Å². The average Bonchev–Trinajstić information content (AvgIpc) is 3.08. The molecule has 0 unspecified atom stereocenters. The molecule has 2 aromatic carbocycles. The molecule has 118 valence electrons. The van der Waals surface area contributed by atoms with Gasteiger partial charge in [-0.3, -0.25) is 0 Å². The lowest BCUT2D eigenvalue weighted by atomic mass is 10.0. The van der Waals surface area contributed by atoms with Crippen molar-refractivity contribution in [3.8, 4) is 0 Å². The first-order valence-electron chi connectivity index (χ1n) is 8.48. The molecule has 1 aliphatic heterocycles. The van der Waals surface area contributed by atoms with E-state index in [2.05, 4.69) is 17.0 Å². The topological polar surface area (TPSA) is 33.5 Å². The molecule has 3 nitrogen and oxygen atoms in total. The molecule has 0 bridgehead atoms. The standard InChI is InChI=1S/C20H21NO2/c22-20-18-8-2-1-7-16(18)17-10-9-15(14-19(17)23-20)6-5-13-21-11-3-4-12-21/h1-2,7-10,14H,3-6,11-13H2. The summed E-state index contributed by atoms with van der Waals surface area (Å²) in [5, 5.41) is 2.65. The Morgan fingerprint density at radius 3 is 2.57 bits per heavy atom. The van der Waals surface area contributed by atoms with Crippen molar-refractivity contribution in [2.24, 2.45) is 0 Å². The van der Waals surface area contributed by atoms with Gasteiger partial charge in [0.1, 0.15) is 5.58 Å². The minimum Gasteiger partial charge on any atom is -0.422 e. The molecular weight excluding hydrogens is 286 g/mol. The molecule has 3 heteroatoms. The number of aryl methyl sites for hydroxylation is 1. The summed E-state index contributed by atoms with van der Waals surface area (Å²) in [6.45, 7) is 3.66. The van der Waals surface area contributed by atoms with E-state index in [9.17, 15) is 4.79 Å². The van der Waals surface area contributed by atoms with Crippen molar-refractivity contribution in [3.05, 3.63) is 58.4 Å². The number of hydrogen-bond donors (Lipinski definition) is 0. The summed E-state index contributed by atoms with van der Waals surface area (Å²) in [6.07, 6.45) is 4.87. The molecule has 4 rings (SSSR count). The zero-order chi connectivity index (χ0) is 15.6. The van der Waals surface area contributed by atoms with E-state index < -0.39 is 0 Å². The van der Waals surface area contributed by atoms with Gasteiger partial charge >= 0.3 is 5.63 Å². The molecule has 23 heavy (non-hydrogen) atoms. The predicted molar refractivity (Wildman–Crippen MR) is 94.0 cm³/mol. The maximum Gasteiger partial charge on any atom is 0.344 e. The quantitative estimate of drug-likeness (QED) is 0.540. The fraction of sp³-hybridized carbons (Fsp3) is 0.350. The van der Waals surface area contributed by atoms with Gasteiger partial charge in [-0.1, -0.05) is 30.3 Å². The molecule has 0 amide bonds. The Morgan fingerprint density at radius 2 is 1.74 bits per heavy atom. The van der Waals surface area contributed by atoms with Crippen molar-refractivity contribution < 1.29 is 4.42 Å². The Kier molecular flexibility index (Phi) is 3.88. The molecule has 1 aliphatic rings. The van der Waals surface area contributed by atoms with Crippen LogP contribution in [0, 0.1) is 0 Å².